The Balaban J connectivity index is 2.66. The standard InChI is InChI=1S/C11H13NO4/c1-7-6-8(16-5-4-10(12)13)2-3-9(7)11(14)15/h2-3,6H,4-5H2,1H3,(H2,12,13)(H,14,15). The number of benzene rings is 1. The van der Waals surface area contributed by atoms with Gasteiger partial charge in [0.05, 0.1) is 18.6 Å². The summed E-state index contributed by atoms with van der Waals surface area (Å²) in [5, 5.41) is 8.80. The zero-order valence-electron chi connectivity index (χ0n) is 8.90. The van der Waals surface area contributed by atoms with Gasteiger partial charge in [-0.25, -0.2) is 4.79 Å². The number of carboxylic acid groups (broad SMARTS) is 1. The number of aromatic carboxylic acids is 1. The Morgan fingerprint density at radius 3 is 2.62 bits per heavy atom. The molecule has 0 aliphatic carbocycles. The van der Waals surface area contributed by atoms with Gasteiger partial charge >= 0.3 is 5.97 Å². The molecule has 0 aliphatic heterocycles. The molecule has 3 N–H and O–H groups in total. The minimum absolute atomic E-state index is 0.139. The molecule has 5 heteroatoms. The van der Waals surface area contributed by atoms with E-state index in [-0.39, 0.29) is 18.6 Å². The zero-order chi connectivity index (χ0) is 12.1. The van der Waals surface area contributed by atoms with Crippen molar-refractivity contribution in [3.63, 3.8) is 0 Å². The van der Waals surface area contributed by atoms with Crippen LogP contribution in [0.3, 0.4) is 0 Å². The van der Waals surface area contributed by atoms with Crippen LogP contribution in [0.2, 0.25) is 0 Å². The number of hydrogen-bond donors (Lipinski definition) is 2. The molecular formula is C11H13NO4. The molecule has 1 rings (SSSR count). The Morgan fingerprint density at radius 2 is 2.12 bits per heavy atom. The van der Waals surface area contributed by atoms with Crippen molar-refractivity contribution < 1.29 is 19.4 Å². The highest BCUT2D eigenvalue weighted by Crippen LogP contribution is 2.17. The van der Waals surface area contributed by atoms with Crippen LogP contribution >= 0.6 is 0 Å². The lowest BCUT2D eigenvalue weighted by Crippen LogP contribution is -2.14. The smallest absolute Gasteiger partial charge is 0.335 e. The van der Waals surface area contributed by atoms with Gasteiger partial charge in [-0.1, -0.05) is 0 Å². The highest BCUT2D eigenvalue weighted by Gasteiger charge is 2.07. The highest BCUT2D eigenvalue weighted by atomic mass is 16.5. The quantitative estimate of drug-likeness (QED) is 0.777. The SMILES string of the molecule is Cc1cc(OCCC(N)=O)ccc1C(=O)O. The molecule has 0 saturated carbocycles. The maximum absolute atomic E-state index is 10.7. The number of ether oxygens (including phenoxy) is 1. The van der Waals surface area contributed by atoms with E-state index in [2.05, 4.69) is 0 Å². The van der Waals surface area contributed by atoms with Gasteiger partial charge in [-0.2, -0.15) is 0 Å². The van der Waals surface area contributed by atoms with E-state index in [1.807, 2.05) is 0 Å². The number of carboxylic acids is 1. The van der Waals surface area contributed by atoms with Crippen molar-refractivity contribution in [2.75, 3.05) is 6.61 Å². The van der Waals surface area contributed by atoms with Gasteiger partial charge in [0.15, 0.2) is 0 Å². The van der Waals surface area contributed by atoms with E-state index in [1.54, 1.807) is 19.1 Å². The number of carbonyl (C=O) groups is 2. The van der Waals surface area contributed by atoms with Crippen LogP contribution < -0.4 is 10.5 Å². The first-order chi connectivity index (χ1) is 7.50. The van der Waals surface area contributed by atoms with E-state index in [1.165, 1.54) is 6.07 Å². The third kappa shape index (κ3) is 3.27. The lowest BCUT2D eigenvalue weighted by atomic mass is 10.1. The van der Waals surface area contributed by atoms with Crippen LogP contribution in [0.4, 0.5) is 0 Å². The molecule has 1 aromatic carbocycles. The van der Waals surface area contributed by atoms with Crippen LogP contribution in [0.15, 0.2) is 18.2 Å². The predicted octanol–water partition coefficient (Wildman–Crippen LogP) is 0.947. The summed E-state index contributed by atoms with van der Waals surface area (Å²) in [7, 11) is 0. The van der Waals surface area contributed by atoms with Gasteiger partial charge in [-0.15, -0.1) is 0 Å². The molecule has 0 spiro atoms. The summed E-state index contributed by atoms with van der Waals surface area (Å²) in [6, 6.07) is 4.64. The van der Waals surface area contributed by atoms with Gasteiger partial charge in [0.25, 0.3) is 0 Å². The Hall–Kier alpha value is -2.04. The van der Waals surface area contributed by atoms with Crippen LogP contribution in [-0.2, 0) is 4.79 Å². The second kappa shape index (κ2) is 5.16. The number of amides is 1. The Kier molecular flexibility index (Phi) is 3.88. The van der Waals surface area contributed by atoms with Crippen molar-refractivity contribution in [3.05, 3.63) is 29.3 Å². The topological polar surface area (TPSA) is 89.6 Å². The maximum atomic E-state index is 10.7. The van der Waals surface area contributed by atoms with Gasteiger partial charge < -0.3 is 15.6 Å². The van der Waals surface area contributed by atoms with E-state index in [0.29, 0.717) is 11.3 Å². The minimum Gasteiger partial charge on any atom is -0.493 e. The first-order valence-corrected chi connectivity index (χ1v) is 4.75. The molecule has 16 heavy (non-hydrogen) atoms. The fourth-order valence-corrected chi connectivity index (χ4v) is 1.24. The van der Waals surface area contributed by atoms with E-state index < -0.39 is 11.9 Å². The average Bonchev–Trinajstić information content (AvgIpc) is 2.16. The van der Waals surface area contributed by atoms with Crippen molar-refractivity contribution in [3.8, 4) is 5.75 Å². The van der Waals surface area contributed by atoms with Crippen LogP contribution in [0.5, 0.6) is 5.75 Å². The largest absolute Gasteiger partial charge is 0.493 e. The molecule has 0 atom stereocenters. The summed E-state index contributed by atoms with van der Waals surface area (Å²) < 4.78 is 5.24. The molecular weight excluding hydrogens is 210 g/mol. The number of rotatable bonds is 5. The fourth-order valence-electron chi connectivity index (χ4n) is 1.24. The van der Waals surface area contributed by atoms with Gasteiger partial charge in [0, 0.05) is 0 Å². The summed E-state index contributed by atoms with van der Waals surface area (Å²) in [4.78, 5) is 21.2. The number of aryl methyl sites for hydroxylation is 1. The molecule has 86 valence electrons. The Labute approximate surface area is 92.8 Å². The van der Waals surface area contributed by atoms with Crippen molar-refractivity contribution in [1.82, 2.24) is 0 Å². The summed E-state index contributed by atoms with van der Waals surface area (Å²) in [5.74, 6) is -0.871. The average molecular weight is 223 g/mol. The molecule has 0 fully saturated rings. The normalized spacial score (nSPS) is 9.81. The minimum atomic E-state index is -0.971. The Bertz CT molecular complexity index is 414. The summed E-state index contributed by atoms with van der Waals surface area (Å²) in [6.45, 7) is 1.88. The third-order valence-corrected chi connectivity index (χ3v) is 2.05. The molecule has 0 aromatic heterocycles. The molecule has 0 radical (unpaired) electrons. The second-order valence-electron chi connectivity index (χ2n) is 3.35. The van der Waals surface area contributed by atoms with E-state index in [9.17, 15) is 9.59 Å². The molecule has 0 saturated heterocycles. The molecule has 0 unspecified atom stereocenters. The van der Waals surface area contributed by atoms with Gasteiger partial charge in [0.1, 0.15) is 5.75 Å². The highest BCUT2D eigenvalue weighted by molar-refractivity contribution is 5.89. The van der Waals surface area contributed by atoms with E-state index >= 15 is 0 Å². The molecule has 5 nitrogen and oxygen atoms in total. The summed E-state index contributed by atoms with van der Waals surface area (Å²) in [5.41, 5.74) is 5.81. The first-order valence-electron chi connectivity index (χ1n) is 4.75. The van der Waals surface area contributed by atoms with Crippen LogP contribution in [-0.4, -0.2) is 23.6 Å². The summed E-state index contributed by atoms with van der Waals surface area (Å²) in [6.07, 6.45) is 0.139. The van der Waals surface area contributed by atoms with Gasteiger partial charge in [0.2, 0.25) is 5.91 Å². The number of primary amides is 1. The van der Waals surface area contributed by atoms with Crippen molar-refractivity contribution in [2.45, 2.75) is 13.3 Å². The van der Waals surface area contributed by atoms with E-state index in [0.717, 1.165) is 0 Å². The van der Waals surface area contributed by atoms with Crippen molar-refractivity contribution in [1.29, 1.82) is 0 Å². The first kappa shape index (κ1) is 12.0. The lowest BCUT2D eigenvalue weighted by Gasteiger charge is -2.07. The monoisotopic (exact) mass is 223 g/mol. The molecule has 0 aliphatic rings. The van der Waals surface area contributed by atoms with Crippen LogP contribution in [0, 0.1) is 6.92 Å². The predicted molar refractivity (Wildman–Crippen MR) is 57.4 cm³/mol. The fraction of sp³-hybridized carbons (Fsp3) is 0.273. The molecule has 1 aromatic rings. The second-order valence-corrected chi connectivity index (χ2v) is 3.35. The number of carbonyl (C=O) groups excluding carboxylic acids is 1. The Morgan fingerprint density at radius 1 is 1.44 bits per heavy atom. The lowest BCUT2D eigenvalue weighted by molar-refractivity contribution is -0.118. The third-order valence-electron chi connectivity index (χ3n) is 2.05. The van der Waals surface area contributed by atoms with Gasteiger partial charge in [-0.3, -0.25) is 4.79 Å². The maximum Gasteiger partial charge on any atom is 0.335 e. The zero-order valence-corrected chi connectivity index (χ0v) is 8.90. The number of nitrogens with two attached hydrogens (primary N) is 1. The molecule has 0 heterocycles. The van der Waals surface area contributed by atoms with Crippen LogP contribution in [0.25, 0.3) is 0 Å². The molecule has 0 bridgehead atoms. The van der Waals surface area contributed by atoms with Crippen molar-refractivity contribution in [2.24, 2.45) is 5.73 Å². The number of hydrogen-bond acceptors (Lipinski definition) is 3. The summed E-state index contributed by atoms with van der Waals surface area (Å²) >= 11 is 0. The van der Waals surface area contributed by atoms with Crippen LogP contribution in [0.1, 0.15) is 22.3 Å². The molecule has 1 amide bonds. The van der Waals surface area contributed by atoms with Crippen molar-refractivity contribution >= 4 is 11.9 Å². The van der Waals surface area contributed by atoms with Gasteiger partial charge in [-0.05, 0) is 30.7 Å². The van der Waals surface area contributed by atoms with E-state index in [4.69, 9.17) is 15.6 Å².